The minimum absolute atomic E-state index is 0.186. The molecule has 0 aliphatic heterocycles. The molecule has 134 valence electrons. The number of anilines is 1. The lowest BCUT2D eigenvalue weighted by Crippen LogP contribution is -2.22. The molecule has 0 bridgehead atoms. The Hall–Kier alpha value is -2.51. The second kappa shape index (κ2) is 8.25. The number of rotatable bonds is 6. The number of amides is 1. The van der Waals surface area contributed by atoms with E-state index in [1.54, 1.807) is 38.3 Å². The second-order valence-corrected chi connectivity index (χ2v) is 7.06. The van der Waals surface area contributed by atoms with Gasteiger partial charge in [-0.15, -0.1) is 10.2 Å². The van der Waals surface area contributed by atoms with Gasteiger partial charge in [0.15, 0.2) is 0 Å². The summed E-state index contributed by atoms with van der Waals surface area (Å²) in [5.74, 6) is 0.793. The molecule has 1 heterocycles. The van der Waals surface area contributed by atoms with E-state index in [-0.39, 0.29) is 5.91 Å². The van der Waals surface area contributed by atoms with Gasteiger partial charge < -0.3 is 14.5 Å². The number of aromatic nitrogens is 2. The summed E-state index contributed by atoms with van der Waals surface area (Å²) >= 11 is 7.10. The largest absolute Gasteiger partial charge is 0.496 e. The first-order valence-electron chi connectivity index (χ1n) is 7.77. The van der Waals surface area contributed by atoms with Gasteiger partial charge in [0.25, 0.3) is 11.1 Å². The Morgan fingerprint density at radius 3 is 2.81 bits per heavy atom. The Morgan fingerprint density at radius 1 is 1.23 bits per heavy atom. The predicted octanol–water partition coefficient (Wildman–Crippen LogP) is 4.52. The summed E-state index contributed by atoms with van der Waals surface area (Å²) in [7, 11) is 1.58. The van der Waals surface area contributed by atoms with E-state index in [0.717, 1.165) is 0 Å². The molecule has 1 aromatic heterocycles. The maximum absolute atomic E-state index is 12.3. The van der Waals surface area contributed by atoms with Crippen molar-refractivity contribution in [2.75, 3.05) is 12.4 Å². The second-order valence-electron chi connectivity index (χ2n) is 5.33. The summed E-state index contributed by atoms with van der Waals surface area (Å²) in [4.78, 5) is 12.3. The van der Waals surface area contributed by atoms with E-state index in [2.05, 4.69) is 15.5 Å². The van der Waals surface area contributed by atoms with Gasteiger partial charge in [-0.2, -0.15) is 0 Å². The van der Waals surface area contributed by atoms with Gasteiger partial charge >= 0.3 is 0 Å². The first-order chi connectivity index (χ1) is 12.6. The van der Waals surface area contributed by atoms with E-state index in [4.69, 9.17) is 20.8 Å². The molecule has 0 aliphatic rings. The van der Waals surface area contributed by atoms with Gasteiger partial charge in [0.1, 0.15) is 5.75 Å². The van der Waals surface area contributed by atoms with Gasteiger partial charge in [-0.25, -0.2) is 0 Å². The predicted molar refractivity (Wildman–Crippen MR) is 102 cm³/mol. The van der Waals surface area contributed by atoms with Crippen LogP contribution in [0, 0.1) is 0 Å². The molecule has 2 aromatic carbocycles. The normalized spacial score (nSPS) is 11.8. The molecule has 0 saturated carbocycles. The van der Waals surface area contributed by atoms with Crippen molar-refractivity contribution in [3.05, 3.63) is 53.6 Å². The number of nitrogens with one attached hydrogen (secondary N) is 1. The van der Waals surface area contributed by atoms with Gasteiger partial charge in [-0.3, -0.25) is 4.79 Å². The molecule has 26 heavy (non-hydrogen) atoms. The molecule has 1 N–H and O–H groups in total. The third kappa shape index (κ3) is 4.36. The fourth-order valence-electron chi connectivity index (χ4n) is 2.20. The highest BCUT2D eigenvalue weighted by Gasteiger charge is 2.20. The van der Waals surface area contributed by atoms with Crippen molar-refractivity contribution < 1.29 is 13.9 Å². The lowest BCUT2D eigenvalue weighted by Gasteiger charge is -2.10. The summed E-state index contributed by atoms with van der Waals surface area (Å²) in [5, 5.41) is 11.3. The average Bonchev–Trinajstić information content (AvgIpc) is 3.10. The lowest BCUT2D eigenvalue weighted by molar-refractivity contribution is -0.115. The molecule has 8 heteroatoms. The third-order valence-electron chi connectivity index (χ3n) is 3.48. The SMILES string of the molecule is COc1ccccc1-c1nnc(SC(C)C(=O)Nc2cccc(Cl)c2)o1. The topological polar surface area (TPSA) is 77.2 Å². The Bertz CT molecular complexity index is 916. The maximum atomic E-state index is 12.3. The van der Waals surface area contributed by atoms with Crippen molar-refractivity contribution in [3.8, 4) is 17.2 Å². The molecule has 1 atom stereocenters. The van der Waals surface area contributed by atoms with Crippen LogP contribution in [-0.4, -0.2) is 28.5 Å². The molecule has 3 aromatic rings. The molecular formula is C18H16ClN3O3S. The van der Waals surface area contributed by atoms with E-state index < -0.39 is 5.25 Å². The molecular weight excluding hydrogens is 374 g/mol. The molecule has 0 spiro atoms. The van der Waals surface area contributed by atoms with Gasteiger partial charge in [0, 0.05) is 10.7 Å². The zero-order chi connectivity index (χ0) is 18.5. The Kier molecular flexibility index (Phi) is 5.80. The number of thioether (sulfide) groups is 1. The number of hydrogen-bond acceptors (Lipinski definition) is 6. The van der Waals surface area contributed by atoms with Crippen LogP contribution < -0.4 is 10.1 Å². The van der Waals surface area contributed by atoms with E-state index in [1.165, 1.54) is 11.8 Å². The van der Waals surface area contributed by atoms with E-state index in [1.807, 2.05) is 24.3 Å². The van der Waals surface area contributed by atoms with Crippen LogP contribution in [0.4, 0.5) is 5.69 Å². The lowest BCUT2D eigenvalue weighted by atomic mass is 10.2. The minimum atomic E-state index is -0.431. The zero-order valence-corrected chi connectivity index (χ0v) is 15.7. The Labute approximate surface area is 159 Å². The number of carbonyl (C=O) groups excluding carboxylic acids is 1. The summed E-state index contributed by atoms with van der Waals surface area (Å²) in [5.41, 5.74) is 1.33. The van der Waals surface area contributed by atoms with E-state index >= 15 is 0 Å². The molecule has 0 saturated heterocycles. The van der Waals surface area contributed by atoms with Crippen molar-refractivity contribution in [1.29, 1.82) is 0 Å². The first-order valence-corrected chi connectivity index (χ1v) is 9.02. The zero-order valence-electron chi connectivity index (χ0n) is 14.1. The maximum Gasteiger partial charge on any atom is 0.277 e. The summed E-state index contributed by atoms with van der Waals surface area (Å²) in [6.45, 7) is 1.76. The standard InChI is InChI=1S/C18H16ClN3O3S/c1-11(16(23)20-13-7-5-6-12(19)10-13)26-18-22-21-17(25-18)14-8-3-4-9-15(14)24-2/h3-11H,1-2H3,(H,20,23). The molecule has 1 unspecified atom stereocenters. The van der Waals surface area contributed by atoms with Crippen LogP contribution in [0.2, 0.25) is 5.02 Å². The number of benzene rings is 2. The number of hydrogen-bond donors (Lipinski definition) is 1. The number of methoxy groups -OCH3 is 1. The molecule has 6 nitrogen and oxygen atoms in total. The quantitative estimate of drug-likeness (QED) is 0.624. The van der Waals surface area contributed by atoms with Gasteiger partial charge in [-0.05, 0) is 37.3 Å². The Balaban J connectivity index is 1.67. The fourth-order valence-corrected chi connectivity index (χ4v) is 3.08. The third-order valence-corrected chi connectivity index (χ3v) is 4.65. The molecule has 0 aliphatic carbocycles. The van der Waals surface area contributed by atoms with E-state index in [9.17, 15) is 4.79 Å². The van der Waals surface area contributed by atoms with Crippen molar-refractivity contribution in [2.45, 2.75) is 17.4 Å². The minimum Gasteiger partial charge on any atom is -0.496 e. The molecule has 3 rings (SSSR count). The van der Waals surface area contributed by atoms with Crippen molar-refractivity contribution >= 4 is 35.0 Å². The van der Waals surface area contributed by atoms with Gasteiger partial charge in [0.2, 0.25) is 5.91 Å². The van der Waals surface area contributed by atoms with E-state index in [0.29, 0.717) is 33.1 Å². The van der Waals surface area contributed by atoms with Crippen LogP contribution in [0.5, 0.6) is 5.75 Å². The highest BCUT2D eigenvalue weighted by molar-refractivity contribution is 8.00. The van der Waals surface area contributed by atoms with Crippen LogP contribution in [0.1, 0.15) is 6.92 Å². The number of para-hydroxylation sites is 1. The van der Waals surface area contributed by atoms with Crippen LogP contribution in [0.15, 0.2) is 58.2 Å². The summed E-state index contributed by atoms with van der Waals surface area (Å²) in [6, 6.07) is 14.3. The summed E-state index contributed by atoms with van der Waals surface area (Å²) < 4.78 is 11.0. The highest BCUT2D eigenvalue weighted by Crippen LogP contribution is 2.31. The highest BCUT2D eigenvalue weighted by atomic mass is 35.5. The summed E-state index contributed by atoms with van der Waals surface area (Å²) in [6.07, 6.45) is 0. The smallest absolute Gasteiger partial charge is 0.277 e. The van der Waals surface area contributed by atoms with Crippen molar-refractivity contribution in [2.24, 2.45) is 0 Å². The number of carbonyl (C=O) groups is 1. The van der Waals surface area contributed by atoms with Gasteiger partial charge in [0.05, 0.1) is 17.9 Å². The van der Waals surface area contributed by atoms with Crippen LogP contribution in [0.25, 0.3) is 11.5 Å². The number of ether oxygens (including phenoxy) is 1. The van der Waals surface area contributed by atoms with Crippen molar-refractivity contribution in [1.82, 2.24) is 10.2 Å². The van der Waals surface area contributed by atoms with Crippen molar-refractivity contribution in [3.63, 3.8) is 0 Å². The van der Waals surface area contributed by atoms with Crippen LogP contribution in [-0.2, 0) is 4.79 Å². The molecule has 0 fully saturated rings. The Morgan fingerprint density at radius 2 is 2.04 bits per heavy atom. The first kappa shape index (κ1) is 18.3. The average molecular weight is 390 g/mol. The molecule has 1 amide bonds. The van der Waals surface area contributed by atoms with Gasteiger partial charge in [-0.1, -0.05) is 41.6 Å². The molecule has 0 radical (unpaired) electrons. The van der Waals surface area contributed by atoms with Crippen LogP contribution in [0.3, 0.4) is 0 Å². The number of halogens is 1. The fraction of sp³-hybridized carbons (Fsp3) is 0.167. The monoisotopic (exact) mass is 389 g/mol. The van der Waals surface area contributed by atoms with Crippen LogP contribution >= 0.6 is 23.4 Å². The number of nitrogens with zero attached hydrogens (tertiary/aromatic N) is 2.